The average molecular weight is 280 g/mol. The van der Waals surface area contributed by atoms with Crippen LogP contribution in [0.1, 0.15) is 23.7 Å². The first-order valence-electron chi connectivity index (χ1n) is 6.17. The topological polar surface area (TPSA) is 116 Å². The van der Waals surface area contributed by atoms with Gasteiger partial charge in [-0.05, 0) is 24.6 Å². The molecule has 4 N–H and O–H groups in total. The SMILES string of the molecule is CCC(CO)(CO)Nc1nc2ccc(C(=O)O)cc2o1. The van der Waals surface area contributed by atoms with Crippen molar-refractivity contribution in [3.05, 3.63) is 23.8 Å². The zero-order valence-corrected chi connectivity index (χ0v) is 11.0. The van der Waals surface area contributed by atoms with Crippen LogP contribution in [0.2, 0.25) is 0 Å². The Bertz CT molecular complexity index is 610. The van der Waals surface area contributed by atoms with E-state index in [1.165, 1.54) is 12.1 Å². The molecule has 7 heteroatoms. The van der Waals surface area contributed by atoms with Crippen LogP contribution in [-0.2, 0) is 0 Å². The normalized spacial score (nSPS) is 11.8. The number of aromatic nitrogens is 1. The number of aromatic carboxylic acids is 1. The van der Waals surface area contributed by atoms with Gasteiger partial charge in [0.1, 0.15) is 5.52 Å². The molecule has 0 bridgehead atoms. The highest BCUT2D eigenvalue weighted by Crippen LogP contribution is 2.23. The van der Waals surface area contributed by atoms with Gasteiger partial charge < -0.3 is 25.1 Å². The van der Waals surface area contributed by atoms with Crippen LogP contribution < -0.4 is 5.32 Å². The molecule has 1 heterocycles. The van der Waals surface area contributed by atoms with Crippen molar-refractivity contribution in [3.63, 3.8) is 0 Å². The third kappa shape index (κ3) is 2.59. The first kappa shape index (κ1) is 14.3. The largest absolute Gasteiger partial charge is 0.478 e. The number of oxazole rings is 1. The van der Waals surface area contributed by atoms with Crippen LogP contribution >= 0.6 is 0 Å². The third-order valence-corrected chi connectivity index (χ3v) is 3.29. The van der Waals surface area contributed by atoms with Crippen LogP contribution in [0.4, 0.5) is 6.01 Å². The number of carbonyl (C=O) groups is 1. The number of rotatable bonds is 6. The molecule has 1 aromatic carbocycles. The average Bonchev–Trinajstić information content (AvgIpc) is 2.85. The van der Waals surface area contributed by atoms with E-state index >= 15 is 0 Å². The molecule has 0 spiro atoms. The lowest BCUT2D eigenvalue weighted by Gasteiger charge is -2.28. The summed E-state index contributed by atoms with van der Waals surface area (Å²) in [6, 6.07) is 4.48. The molecule has 7 nitrogen and oxygen atoms in total. The number of nitrogens with one attached hydrogen (secondary N) is 1. The van der Waals surface area contributed by atoms with E-state index in [1.54, 1.807) is 6.07 Å². The van der Waals surface area contributed by atoms with Crippen molar-refractivity contribution >= 4 is 23.1 Å². The van der Waals surface area contributed by atoms with E-state index in [0.29, 0.717) is 17.5 Å². The van der Waals surface area contributed by atoms with Crippen molar-refractivity contribution in [3.8, 4) is 0 Å². The third-order valence-electron chi connectivity index (χ3n) is 3.29. The summed E-state index contributed by atoms with van der Waals surface area (Å²) in [4.78, 5) is 15.0. The predicted octanol–water partition coefficient (Wildman–Crippen LogP) is 1.07. The highest BCUT2D eigenvalue weighted by molar-refractivity contribution is 5.92. The summed E-state index contributed by atoms with van der Waals surface area (Å²) >= 11 is 0. The molecule has 2 rings (SSSR count). The Hall–Kier alpha value is -2.12. The molecule has 108 valence electrons. The summed E-state index contributed by atoms with van der Waals surface area (Å²) in [6.07, 6.45) is 0.471. The molecule has 0 saturated heterocycles. The van der Waals surface area contributed by atoms with Gasteiger partial charge in [0.25, 0.3) is 6.01 Å². The van der Waals surface area contributed by atoms with Crippen LogP contribution in [-0.4, -0.2) is 45.0 Å². The molecule has 1 aromatic heterocycles. The standard InChI is InChI=1S/C13H16N2O5/c1-2-13(6-16,7-17)15-12-14-9-4-3-8(11(18)19)5-10(9)20-12/h3-5,16-17H,2,6-7H2,1H3,(H,14,15)(H,18,19). The van der Waals surface area contributed by atoms with E-state index in [0.717, 1.165) is 0 Å². The smallest absolute Gasteiger partial charge is 0.335 e. The van der Waals surface area contributed by atoms with Crippen molar-refractivity contribution in [1.82, 2.24) is 4.98 Å². The lowest BCUT2D eigenvalue weighted by atomic mass is 9.99. The van der Waals surface area contributed by atoms with Crippen LogP contribution in [0.25, 0.3) is 11.1 Å². The molecule has 0 fully saturated rings. The number of carboxylic acid groups (broad SMARTS) is 1. The molecule has 0 aliphatic rings. The molecular formula is C13H16N2O5. The number of anilines is 1. The Morgan fingerprint density at radius 3 is 2.65 bits per heavy atom. The fourth-order valence-corrected chi connectivity index (χ4v) is 1.78. The number of hydrogen-bond donors (Lipinski definition) is 4. The molecule has 0 atom stereocenters. The first-order valence-corrected chi connectivity index (χ1v) is 6.17. The second-order valence-corrected chi connectivity index (χ2v) is 4.58. The number of benzene rings is 1. The number of nitrogens with zero attached hydrogens (tertiary/aromatic N) is 1. The minimum Gasteiger partial charge on any atom is -0.478 e. The van der Waals surface area contributed by atoms with Gasteiger partial charge in [0.05, 0.1) is 24.3 Å². The monoisotopic (exact) mass is 280 g/mol. The number of carboxylic acids is 1. The van der Waals surface area contributed by atoms with Crippen molar-refractivity contribution in [1.29, 1.82) is 0 Å². The summed E-state index contributed by atoms with van der Waals surface area (Å²) in [7, 11) is 0. The van der Waals surface area contributed by atoms with Gasteiger partial charge in [-0.15, -0.1) is 0 Å². The van der Waals surface area contributed by atoms with Crippen LogP contribution in [0.3, 0.4) is 0 Å². The summed E-state index contributed by atoms with van der Waals surface area (Å²) in [5.41, 5.74) is 0.00851. The van der Waals surface area contributed by atoms with Gasteiger partial charge in [0.15, 0.2) is 5.58 Å². The maximum absolute atomic E-state index is 10.9. The quantitative estimate of drug-likeness (QED) is 0.625. The Balaban J connectivity index is 2.34. The molecule has 0 saturated carbocycles. The Morgan fingerprint density at radius 2 is 2.10 bits per heavy atom. The van der Waals surface area contributed by atoms with Gasteiger partial charge in [0.2, 0.25) is 0 Å². The fraction of sp³-hybridized carbons (Fsp3) is 0.385. The van der Waals surface area contributed by atoms with Crippen molar-refractivity contribution in [2.45, 2.75) is 18.9 Å². The molecule has 0 aliphatic heterocycles. The summed E-state index contributed by atoms with van der Waals surface area (Å²) < 4.78 is 5.41. The molecule has 0 aliphatic carbocycles. The lowest BCUT2D eigenvalue weighted by molar-refractivity contribution is 0.0697. The summed E-state index contributed by atoms with van der Waals surface area (Å²) in [5.74, 6) is -1.05. The number of fused-ring (bicyclic) bond motifs is 1. The van der Waals surface area contributed by atoms with E-state index in [1.807, 2.05) is 6.92 Å². The van der Waals surface area contributed by atoms with Crippen LogP contribution in [0.15, 0.2) is 22.6 Å². The van der Waals surface area contributed by atoms with Gasteiger partial charge in [-0.3, -0.25) is 0 Å². The zero-order valence-electron chi connectivity index (χ0n) is 11.0. The van der Waals surface area contributed by atoms with E-state index in [4.69, 9.17) is 9.52 Å². The Kier molecular flexibility index (Phi) is 3.91. The summed E-state index contributed by atoms with van der Waals surface area (Å²) in [5, 5.41) is 30.5. The zero-order chi connectivity index (χ0) is 14.8. The molecule has 2 aromatic rings. The van der Waals surface area contributed by atoms with Crippen molar-refractivity contribution in [2.24, 2.45) is 0 Å². The highest BCUT2D eigenvalue weighted by Gasteiger charge is 2.28. The van der Waals surface area contributed by atoms with Crippen molar-refractivity contribution in [2.75, 3.05) is 18.5 Å². The fourth-order valence-electron chi connectivity index (χ4n) is 1.78. The first-order chi connectivity index (χ1) is 9.53. The molecule has 0 amide bonds. The van der Waals surface area contributed by atoms with Gasteiger partial charge in [-0.2, -0.15) is 4.98 Å². The van der Waals surface area contributed by atoms with Gasteiger partial charge in [-0.1, -0.05) is 6.92 Å². The maximum atomic E-state index is 10.9. The van der Waals surface area contributed by atoms with Gasteiger partial charge >= 0.3 is 5.97 Å². The van der Waals surface area contributed by atoms with Gasteiger partial charge in [0, 0.05) is 0 Å². The van der Waals surface area contributed by atoms with Crippen molar-refractivity contribution < 1.29 is 24.5 Å². The molecule has 20 heavy (non-hydrogen) atoms. The molecular weight excluding hydrogens is 264 g/mol. The minimum absolute atomic E-state index is 0.103. The summed E-state index contributed by atoms with van der Waals surface area (Å²) in [6.45, 7) is 1.25. The van der Waals surface area contributed by atoms with Gasteiger partial charge in [-0.25, -0.2) is 4.79 Å². The lowest BCUT2D eigenvalue weighted by Crippen LogP contribution is -2.45. The number of aliphatic hydroxyl groups excluding tert-OH is 2. The second kappa shape index (κ2) is 5.48. The predicted molar refractivity (Wildman–Crippen MR) is 71.8 cm³/mol. The van der Waals surface area contributed by atoms with Crippen LogP contribution in [0.5, 0.6) is 0 Å². The van der Waals surface area contributed by atoms with E-state index < -0.39 is 11.5 Å². The minimum atomic E-state index is -1.05. The number of aliphatic hydroxyl groups is 2. The second-order valence-electron chi connectivity index (χ2n) is 4.58. The Morgan fingerprint density at radius 1 is 1.40 bits per heavy atom. The highest BCUT2D eigenvalue weighted by atomic mass is 16.4. The van der Waals surface area contributed by atoms with E-state index in [-0.39, 0.29) is 24.8 Å². The molecule has 0 unspecified atom stereocenters. The van der Waals surface area contributed by atoms with E-state index in [2.05, 4.69) is 10.3 Å². The van der Waals surface area contributed by atoms with Crippen LogP contribution in [0, 0.1) is 0 Å². The number of hydrogen-bond acceptors (Lipinski definition) is 6. The molecule has 0 radical (unpaired) electrons. The van der Waals surface area contributed by atoms with E-state index in [9.17, 15) is 15.0 Å². The maximum Gasteiger partial charge on any atom is 0.335 e. The Labute approximate surface area is 114 Å².